The first-order valence-electron chi connectivity index (χ1n) is 8.99. The number of nitrogens with one attached hydrogen (secondary N) is 1. The standard InChI is InChI=1S/C20H18ClN5O3S/c1-11-6-12(2)18(14(21)7-11)29-9-17(27)23-15-8-13(4-5-16(15)28-3)19-25-26-10-22-24-20(26)30-19/h4-8,10H,9H2,1-3H3,(H,23,27). The van der Waals surface area contributed by atoms with E-state index < -0.39 is 0 Å². The summed E-state index contributed by atoms with van der Waals surface area (Å²) >= 11 is 7.64. The van der Waals surface area contributed by atoms with E-state index in [2.05, 4.69) is 20.6 Å². The van der Waals surface area contributed by atoms with Crippen molar-refractivity contribution in [3.05, 3.63) is 52.8 Å². The molecule has 0 spiro atoms. The Balaban J connectivity index is 1.51. The van der Waals surface area contributed by atoms with Crippen molar-refractivity contribution in [2.45, 2.75) is 13.8 Å². The third-order valence-corrected chi connectivity index (χ3v) is 5.57. The number of hydrogen-bond donors (Lipinski definition) is 1. The molecule has 1 N–H and O–H groups in total. The molecule has 2 aromatic carbocycles. The third-order valence-electron chi connectivity index (χ3n) is 4.33. The maximum absolute atomic E-state index is 12.5. The summed E-state index contributed by atoms with van der Waals surface area (Å²) < 4.78 is 12.6. The highest BCUT2D eigenvalue weighted by atomic mass is 35.5. The zero-order valence-electron chi connectivity index (χ0n) is 16.5. The Bertz CT molecular complexity index is 1180. The smallest absolute Gasteiger partial charge is 0.262 e. The number of ether oxygens (including phenoxy) is 2. The second-order valence-electron chi connectivity index (χ2n) is 6.61. The van der Waals surface area contributed by atoms with Gasteiger partial charge in [0.25, 0.3) is 5.91 Å². The monoisotopic (exact) mass is 443 g/mol. The lowest BCUT2D eigenvalue weighted by atomic mass is 10.1. The average Bonchev–Trinajstić information content (AvgIpc) is 3.29. The number of aryl methyl sites for hydroxylation is 2. The molecule has 0 aliphatic rings. The molecule has 2 heterocycles. The van der Waals surface area contributed by atoms with Crippen LogP contribution in [0.15, 0.2) is 36.7 Å². The van der Waals surface area contributed by atoms with Crippen molar-refractivity contribution in [2.24, 2.45) is 0 Å². The summed E-state index contributed by atoms with van der Waals surface area (Å²) in [6, 6.07) is 9.19. The molecule has 8 nitrogen and oxygen atoms in total. The highest BCUT2D eigenvalue weighted by Crippen LogP contribution is 2.33. The van der Waals surface area contributed by atoms with E-state index in [0.717, 1.165) is 21.7 Å². The molecule has 0 aliphatic heterocycles. The number of hydrogen-bond acceptors (Lipinski definition) is 7. The minimum atomic E-state index is -0.334. The first-order chi connectivity index (χ1) is 14.4. The fourth-order valence-electron chi connectivity index (χ4n) is 3.02. The Morgan fingerprint density at radius 3 is 2.83 bits per heavy atom. The maximum atomic E-state index is 12.5. The molecule has 0 atom stereocenters. The fourth-order valence-corrected chi connectivity index (χ4v) is 4.22. The van der Waals surface area contributed by atoms with Crippen molar-refractivity contribution in [3.63, 3.8) is 0 Å². The van der Waals surface area contributed by atoms with Gasteiger partial charge >= 0.3 is 0 Å². The molecule has 10 heteroatoms. The van der Waals surface area contributed by atoms with Crippen LogP contribution in [-0.4, -0.2) is 39.4 Å². The van der Waals surface area contributed by atoms with Gasteiger partial charge in [-0.1, -0.05) is 29.0 Å². The molecule has 0 saturated carbocycles. The molecule has 0 fully saturated rings. The van der Waals surface area contributed by atoms with Gasteiger partial charge in [-0.05, 0) is 49.2 Å². The molecule has 0 aliphatic carbocycles. The molecule has 1 amide bonds. The van der Waals surface area contributed by atoms with E-state index in [1.54, 1.807) is 29.8 Å². The maximum Gasteiger partial charge on any atom is 0.262 e. The second kappa shape index (κ2) is 8.29. The van der Waals surface area contributed by atoms with Crippen LogP contribution in [0.2, 0.25) is 5.02 Å². The van der Waals surface area contributed by atoms with Gasteiger partial charge in [-0.3, -0.25) is 4.79 Å². The number of rotatable bonds is 6. The van der Waals surface area contributed by atoms with Crippen LogP contribution >= 0.6 is 22.9 Å². The summed E-state index contributed by atoms with van der Waals surface area (Å²) in [5.74, 6) is 0.692. The van der Waals surface area contributed by atoms with Crippen molar-refractivity contribution in [3.8, 4) is 22.1 Å². The first-order valence-corrected chi connectivity index (χ1v) is 10.2. The van der Waals surface area contributed by atoms with Crippen LogP contribution < -0.4 is 14.8 Å². The lowest BCUT2D eigenvalue weighted by Gasteiger charge is -2.14. The highest BCUT2D eigenvalue weighted by Gasteiger charge is 2.14. The van der Waals surface area contributed by atoms with Crippen LogP contribution in [-0.2, 0) is 4.79 Å². The van der Waals surface area contributed by atoms with Crippen molar-refractivity contribution in [1.29, 1.82) is 0 Å². The third kappa shape index (κ3) is 4.07. The van der Waals surface area contributed by atoms with E-state index in [1.165, 1.54) is 17.7 Å². The Morgan fingerprint density at radius 2 is 2.10 bits per heavy atom. The average molecular weight is 444 g/mol. The van der Waals surface area contributed by atoms with E-state index in [-0.39, 0.29) is 12.5 Å². The largest absolute Gasteiger partial charge is 0.495 e. The molecule has 0 bridgehead atoms. The number of carbonyl (C=O) groups is 1. The Labute approximate surface area is 181 Å². The SMILES string of the molecule is COc1ccc(-c2nn3cnnc3s2)cc1NC(=O)COc1c(C)cc(C)cc1Cl. The van der Waals surface area contributed by atoms with Gasteiger partial charge in [0.05, 0.1) is 17.8 Å². The number of nitrogens with zero attached hydrogens (tertiary/aromatic N) is 4. The van der Waals surface area contributed by atoms with Gasteiger partial charge in [0, 0.05) is 5.56 Å². The van der Waals surface area contributed by atoms with Gasteiger partial charge in [-0.15, -0.1) is 10.2 Å². The normalized spacial score (nSPS) is 10.9. The van der Waals surface area contributed by atoms with Crippen molar-refractivity contribution in [2.75, 3.05) is 19.0 Å². The Kier molecular flexibility index (Phi) is 5.56. The summed E-state index contributed by atoms with van der Waals surface area (Å²) in [5, 5.41) is 16.3. The Morgan fingerprint density at radius 1 is 1.27 bits per heavy atom. The van der Waals surface area contributed by atoms with Gasteiger partial charge in [-0.25, -0.2) is 0 Å². The van der Waals surface area contributed by atoms with Gasteiger partial charge in [0.2, 0.25) is 4.96 Å². The predicted octanol–water partition coefficient (Wildman–Crippen LogP) is 4.15. The predicted molar refractivity (Wildman–Crippen MR) is 116 cm³/mol. The fraction of sp³-hybridized carbons (Fsp3) is 0.200. The second-order valence-corrected chi connectivity index (χ2v) is 7.97. The van der Waals surface area contributed by atoms with Crippen molar-refractivity contribution in [1.82, 2.24) is 19.8 Å². The lowest BCUT2D eigenvalue weighted by molar-refractivity contribution is -0.118. The number of anilines is 1. The topological polar surface area (TPSA) is 90.6 Å². The number of methoxy groups -OCH3 is 1. The van der Waals surface area contributed by atoms with Crippen molar-refractivity contribution < 1.29 is 14.3 Å². The zero-order chi connectivity index (χ0) is 21.3. The van der Waals surface area contributed by atoms with Gasteiger partial charge in [0.15, 0.2) is 6.61 Å². The van der Waals surface area contributed by atoms with Crippen LogP contribution in [0.4, 0.5) is 5.69 Å². The van der Waals surface area contributed by atoms with E-state index in [0.29, 0.717) is 27.2 Å². The molecular formula is C20H18ClN5O3S. The van der Waals surface area contributed by atoms with E-state index >= 15 is 0 Å². The number of halogens is 1. The minimum absolute atomic E-state index is 0.187. The van der Waals surface area contributed by atoms with E-state index in [9.17, 15) is 4.79 Å². The van der Waals surface area contributed by atoms with Gasteiger partial charge < -0.3 is 14.8 Å². The number of amides is 1. The summed E-state index contributed by atoms with van der Waals surface area (Å²) in [5.41, 5.74) is 3.23. The molecule has 154 valence electrons. The van der Waals surface area contributed by atoms with Crippen LogP contribution in [0.1, 0.15) is 11.1 Å². The molecule has 0 radical (unpaired) electrons. The lowest BCUT2D eigenvalue weighted by Crippen LogP contribution is -2.21. The van der Waals surface area contributed by atoms with Gasteiger partial charge in [-0.2, -0.15) is 9.61 Å². The van der Waals surface area contributed by atoms with Crippen LogP contribution in [0, 0.1) is 13.8 Å². The van der Waals surface area contributed by atoms with Crippen LogP contribution in [0.3, 0.4) is 0 Å². The van der Waals surface area contributed by atoms with Crippen LogP contribution in [0.25, 0.3) is 15.5 Å². The van der Waals surface area contributed by atoms with E-state index in [4.69, 9.17) is 21.1 Å². The Hall–Kier alpha value is -3.17. The quantitative estimate of drug-likeness (QED) is 0.481. The van der Waals surface area contributed by atoms with Gasteiger partial charge in [0.1, 0.15) is 22.8 Å². The summed E-state index contributed by atoms with van der Waals surface area (Å²) in [6.45, 7) is 3.65. The summed E-state index contributed by atoms with van der Waals surface area (Å²) in [7, 11) is 1.54. The minimum Gasteiger partial charge on any atom is -0.495 e. The molecule has 4 aromatic rings. The number of carbonyl (C=O) groups excluding carboxylic acids is 1. The molecule has 4 rings (SSSR count). The zero-order valence-corrected chi connectivity index (χ0v) is 18.0. The van der Waals surface area contributed by atoms with E-state index in [1.807, 2.05) is 26.0 Å². The molecular weight excluding hydrogens is 426 g/mol. The number of aromatic nitrogens is 4. The van der Waals surface area contributed by atoms with Crippen molar-refractivity contribution >= 4 is 39.5 Å². The molecule has 0 saturated heterocycles. The summed E-state index contributed by atoms with van der Waals surface area (Å²) in [6.07, 6.45) is 1.54. The first kappa shape index (κ1) is 20.1. The van der Waals surface area contributed by atoms with Crippen LogP contribution in [0.5, 0.6) is 11.5 Å². The molecule has 2 aromatic heterocycles. The molecule has 0 unspecified atom stereocenters. The number of fused-ring (bicyclic) bond motifs is 1. The number of benzene rings is 2. The molecule has 30 heavy (non-hydrogen) atoms. The highest BCUT2D eigenvalue weighted by molar-refractivity contribution is 7.19. The summed E-state index contributed by atoms with van der Waals surface area (Å²) in [4.78, 5) is 13.2.